The van der Waals surface area contributed by atoms with Crippen molar-refractivity contribution in [2.45, 2.75) is 6.54 Å². The van der Waals surface area contributed by atoms with Crippen molar-refractivity contribution >= 4 is 46.5 Å². The average molecular weight is 345 g/mol. The van der Waals surface area contributed by atoms with E-state index in [-0.39, 0.29) is 22.6 Å². The maximum atomic E-state index is 11.7. The molecule has 0 bridgehead atoms. The zero-order chi connectivity index (χ0) is 15.2. The van der Waals surface area contributed by atoms with Gasteiger partial charge in [-0.2, -0.15) is 0 Å². The van der Waals surface area contributed by atoms with Crippen molar-refractivity contribution in [1.29, 1.82) is 0 Å². The molecule has 0 saturated carbocycles. The normalized spacial score (nSPS) is 10.2. The fourth-order valence-corrected chi connectivity index (χ4v) is 2.16. The molecule has 0 radical (unpaired) electrons. The van der Waals surface area contributed by atoms with Gasteiger partial charge in [0.15, 0.2) is 0 Å². The predicted molar refractivity (Wildman–Crippen MR) is 86.0 cm³/mol. The van der Waals surface area contributed by atoms with Gasteiger partial charge in [-0.25, -0.2) is 4.98 Å². The number of benzene rings is 1. The van der Waals surface area contributed by atoms with Gasteiger partial charge in [-0.3, -0.25) is 4.79 Å². The van der Waals surface area contributed by atoms with E-state index in [4.69, 9.17) is 34.8 Å². The number of hydrogen-bond acceptors (Lipinski definition) is 3. The van der Waals surface area contributed by atoms with E-state index in [2.05, 4.69) is 15.6 Å². The van der Waals surface area contributed by atoms with Gasteiger partial charge < -0.3 is 10.6 Å². The summed E-state index contributed by atoms with van der Waals surface area (Å²) in [6.45, 7) is 0.501. The number of halogens is 3. The molecule has 1 heterocycles. The SMILES string of the molecule is O=C(CNc1nc(Cl)c(Cl)cc1Cl)NCc1ccccc1. The quantitative estimate of drug-likeness (QED) is 0.812. The van der Waals surface area contributed by atoms with Crippen molar-refractivity contribution in [2.75, 3.05) is 11.9 Å². The highest BCUT2D eigenvalue weighted by Gasteiger charge is 2.09. The molecule has 1 aromatic heterocycles. The molecule has 1 amide bonds. The number of anilines is 1. The highest BCUT2D eigenvalue weighted by atomic mass is 35.5. The zero-order valence-electron chi connectivity index (χ0n) is 10.9. The zero-order valence-corrected chi connectivity index (χ0v) is 13.1. The molecule has 0 saturated heterocycles. The van der Waals surface area contributed by atoms with Gasteiger partial charge in [0.25, 0.3) is 0 Å². The van der Waals surface area contributed by atoms with Crippen LogP contribution in [0.1, 0.15) is 5.56 Å². The number of amides is 1. The van der Waals surface area contributed by atoms with Crippen LogP contribution in [0.25, 0.3) is 0 Å². The minimum absolute atomic E-state index is 0.0392. The fourth-order valence-electron chi connectivity index (χ4n) is 1.59. The minimum Gasteiger partial charge on any atom is -0.360 e. The van der Waals surface area contributed by atoms with Crippen LogP contribution in [0, 0.1) is 0 Å². The second-order valence-corrected chi connectivity index (χ2v) is 5.38. The summed E-state index contributed by atoms with van der Waals surface area (Å²) in [4.78, 5) is 15.7. The molecule has 0 fully saturated rings. The number of hydrogen-bond donors (Lipinski definition) is 2. The van der Waals surface area contributed by atoms with E-state index in [9.17, 15) is 4.79 Å². The molecule has 2 N–H and O–H groups in total. The van der Waals surface area contributed by atoms with Gasteiger partial charge in [0.2, 0.25) is 5.91 Å². The lowest BCUT2D eigenvalue weighted by Crippen LogP contribution is -2.29. The van der Waals surface area contributed by atoms with Gasteiger partial charge in [0.1, 0.15) is 11.0 Å². The summed E-state index contributed by atoms with van der Waals surface area (Å²) >= 11 is 17.5. The first kappa shape index (κ1) is 15.9. The first-order chi connectivity index (χ1) is 10.1. The Labute approximate surface area is 137 Å². The number of aromatic nitrogens is 1. The molecule has 7 heteroatoms. The van der Waals surface area contributed by atoms with Crippen LogP contribution in [0.4, 0.5) is 5.82 Å². The first-order valence-corrected chi connectivity index (χ1v) is 7.25. The van der Waals surface area contributed by atoms with Gasteiger partial charge in [0.05, 0.1) is 16.6 Å². The van der Waals surface area contributed by atoms with E-state index in [1.807, 2.05) is 30.3 Å². The van der Waals surface area contributed by atoms with E-state index in [0.717, 1.165) is 5.56 Å². The molecular weight excluding hydrogens is 333 g/mol. The molecule has 1 aromatic carbocycles. The van der Waals surface area contributed by atoms with Gasteiger partial charge >= 0.3 is 0 Å². The summed E-state index contributed by atoms with van der Waals surface area (Å²) in [5.74, 6) is 0.142. The summed E-state index contributed by atoms with van der Waals surface area (Å²) in [7, 11) is 0. The monoisotopic (exact) mass is 343 g/mol. The van der Waals surface area contributed by atoms with Crippen LogP contribution in [0.3, 0.4) is 0 Å². The fraction of sp³-hybridized carbons (Fsp3) is 0.143. The van der Waals surface area contributed by atoms with Crippen LogP contribution in [-0.4, -0.2) is 17.4 Å². The van der Waals surface area contributed by atoms with Crippen molar-refractivity contribution in [2.24, 2.45) is 0 Å². The van der Waals surface area contributed by atoms with E-state index in [1.54, 1.807) is 0 Å². The average Bonchev–Trinajstić information content (AvgIpc) is 2.48. The Morgan fingerprint density at radius 2 is 1.81 bits per heavy atom. The molecular formula is C14H12Cl3N3O. The van der Waals surface area contributed by atoms with Crippen LogP contribution in [0.5, 0.6) is 0 Å². The molecule has 4 nitrogen and oxygen atoms in total. The summed E-state index contributed by atoms with van der Waals surface area (Å²) in [5.41, 5.74) is 1.02. The third kappa shape index (κ3) is 4.77. The van der Waals surface area contributed by atoms with Gasteiger partial charge in [0, 0.05) is 6.54 Å². The van der Waals surface area contributed by atoms with Gasteiger partial charge in [-0.05, 0) is 11.6 Å². The van der Waals surface area contributed by atoms with Crippen LogP contribution in [0.2, 0.25) is 15.2 Å². The Balaban J connectivity index is 1.85. The molecule has 2 aromatic rings. The van der Waals surface area contributed by atoms with Gasteiger partial charge in [-0.15, -0.1) is 0 Å². The number of nitrogens with zero attached hydrogens (tertiary/aromatic N) is 1. The number of pyridine rings is 1. The Hall–Kier alpha value is -1.49. The molecule has 0 atom stereocenters. The lowest BCUT2D eigenvalue weighted by atomic mass is 10.2. The lowest BCUT2D eigenvalue weighted by molar-refractivity contribution is -0.119. The van der Waals surface area contributed by atoms with E-state index in [1.165, 1.54) is 6.07 Å². The first-order valence-electron chi connectivity index (χ1n) is 6.12. The molecule has 2 rings (SSSR count). The van der Waals surface area contributed by atoms with E-state index >= 15 is 0 Å². The molecule has 110 valence electrons. The Morgan fingerprint density at radius 3 is 2.52 bits per heavy atom. The van der Waals surface area contributed by atoms with E-state index < -0.39 is 0 Å². The number of carbonyl (C=O) groups excluding carboxylic acids is 1. The largest absolute Gasteiger partial charge is 0.360 e. The van der Waals surface area contributed by atoms with Crippen LogP contribution < -0.4 is 10.6 Å². The Morgan fingerprint density at radius 1 is 1.10 bits per heavy atom. The third-order valence-electron chi connectivity index (χ3n) is 2.64. The lowest BCUT2D eigenvalue weighted by Gasteiger charge is -2.09. The van der Waals surface area contributed by atoms with Crippen molar-refractivity contribution in [3.05, 3.63) is 57.2 Å². The smallest absolute Gasteiger partial charge is 0.239 e. The minimum atomic E-state index is -0.178. The molecule has 21 heavy (non-hydrogen) atoms. The van der Waals surface area contributed by atoms with E-state index in [0.29, 0.717) is 17.4 Å². The van der Waals surface area contributed by atoms with Gasteiger partial charge in [-0.1, -0.05) is 65.1 Å². The molecule has 0 aliphatic rings. The highest BCUT2D eigenvalue weighted by Crippen LogP contribution is 2.28. The van der Waals surface area contributed by atoms with Crippen LogP contribution in [-0.2, 0) is 11.3 Å². The van der Waals surface area contributed by atoms with Crippen molar-refractivity contribution in [3.8, 4) is 0 Å². The van der Waals surface area contributed by atoms with Crippen molar-refractivity contribution in [1.82, 2.24) is 10.3 Å². The number of carbonyl (C=O) groups is 1. The summed E-state index contributed by atoms with van der Waals surface area (Å²) in [6, 6.07) is 11.1. The molecule has 0 unspecified atom stereocenters. The number of nitrogens with one attached hydrogen (secondary N) is 2. The predicted octanol–water partition coefficient (Wildman–Crippen LogP) is 3.77. The van der Waals surface area contributed by atoms with Crippen molar-refractivity contribution in [3.63, 3.8) is 0 Å². The second kappa shape index (κ2) is 7.50. The topological polar surface area (TPSA) is 54.0 Å². The summed E-state index contributed by atoms with van der Waals surface area (Å²) in [5, 5.41) is 6.31. The van der Waals surface area contributed by atoms with Crippen molar-refractivity contribution < 1.29 is 4.79 Å². The maximum Gasteiger partial charge on any atom is 0.239 e. The van der Waals surface area contributed by atoms with Crippen LogP contribution >= 0.6 is 34.8 Å². The maximum absolute atomic E-state index is 11.7. The standard InChI is InChI=1S/C14H12Cl3N3O/c15-10-6-11(16)14(20-13(10)17)19-8-12(21)18-7-9-4-2-1-3-5-9/h1-6H,7-8H2,(H,18,21)(H,19,20). The Kier molecular flexibility index (Phi) is 5.67. The number of rotatable bonds is 5. The third-order valence-corrected chi connectivity index (χ3v) is 3.60. The summed E-state index contributed by atoms with van der Waals surface area (Å²) < 4.78 is 0. The Bertz CT molecular complexity index is 635. The molecule has 0 aliphatic heterocycles. The molecule has 0 spiro atoms. The summed E-state index contributed by atoms with van der Waals surface area (Å²) in [6.07, 6.45) is 0. The highest BCUT2D eigenvalue weighted by molar-refractivity contribution is 6.42. The molecule has 0 aliphatic carbocycles. The second-order valence-electron chi connectivity index (χ2n) is 4.21. The van der Waals surface area contributed by atoms with Crippen LogP contribution in [0.15, 0.2) is 36.4 Å².